The van der Waals surface area contributed by atoms with Gasteiger partial charge < -0.3 is 10.1 Å². The average molecular weight is 248 g/mol. The van der Waals surface area contributed by atoms with Gasteiger partial charge in [0.2, 0.25) is 0 Å². The van der Waals surface area contributed by atoms with Crippen molar-refractivity contribution in [3.63, 3.8) is 0 Å². The number of halogens is 1. The number of aromatic nitrogens is 1. The maximum Gasteiger partial charge on any atom is 0.167 e. The van der Waals surface area contributed by atoms with Crippen LogP contribution >= 0.6 is 0 Å². The predicted octanol–water partition coefficient (Wildman–Crippen LogP) is 3.51. The van der Waals surface area contributed by atoms with Gasteiger partial charge in [-0.2, -0.15) is 0 Å². The second-order valence-electron chi connectivity index (χ2n) is 4.24. The normalized spacial score (nSPS) is 10.7. The van der Waals surface area contributed by atoms with E-state index < -0.39 is 0 Å². The van der Waals surface area contributed by atoms with E-state index in [1.165, 1.54) is 13.2 Å². The van der Waals surface area contributed by atoms with Crippen LogP contribution in [0, 0.1) is 12.7 Å². The molecule has 0 bridgehead atoms. The molecule has 96 valence electrons. The molecule has 1 aromatic carbocycles. The molecule has 2 rings (SSSR count). The van der Waals surface area contributed by atoms with Crippen molar-refractivity contribution in [2.75, 3.05) is 19.0 Å². The van der Waals surface area contributed by atoms with Gasteiger partial charge >= 0.3 is 0 Å². The summed E-state index contributed by atoms with van der Waals surface area (Å²) in [6, 6.07) is 5.07. The van der Waals surface area contributed by atoms with Gasteiger partial charge in [0.05, 0.1) is 12.6 Å². The summed E-state index contributed by atoms with van der Waals surface area (Å²) >= 11 is 0. The highest BCUT2D eigenvalue weighted by Gasteiger charge is 2.09. The van der Waals surface area contributed by atoms with Gasteiger partial charge in [-0.25, -0.2) is 4.39 Å². The Morgan fingerprint density at radius 3 is 2.78 bits per heavy atom. The molecule has 0 fully saturated rings. The van der Waals surface area contributed by atoms with E-state index in [0.29, 0.717) is 5.52 Å². The molecule has 3 nitrogen and oxygen atoms in total. The second-order valence-corrected chi connectivity index (χ2v) is 4.24. The summed E-state index contributed by atoms with van der Waals surface area (Å²) in [6.07, 6.45) is 1.03. The van der Waals surface area contributed by atoms with E-state index in [1.54, 1.807) is 6.07 Å². The van der Waals surface area contributed by atoms with Gasteiger partial charge in [-0.05, 0) is 25.5 Å². The van der Waals surface area contributed by atoms with E-state index in [4.69, 9.17) is 4.74 Å². The molecule has 0 aliphatic heterocycles. The van der Waals surface area contributed by atoms with Crippen LogP contribution < -0.4 is 10.1 Å². The number of nitrogens with one attached hydrogen (secondary N) is 1. The number of rotatable bonds is 4. The van der Waals surface area contributed by atoms with Crippen LogP contribution in [0.3, 0.4) is 0 Å². The lowest BCUT2D eigenvalue weighted by Gasteiger charge is -2.11. The monoisotopic (exact) mass is 248 g/mol. The predicted molar refractivity (Wildman–Crippen MR) is 71.8 cm³/mol. The zero-order valence-electron chi connectivity index (χ0n) is 10.9. The minimum absolute atomic E-state index is 0.243. The Labute approximate surface area is 106 Å². The molecule has 2 aromatic rings. The van der Waals surface area contributed by atoms with Gasteiger partial charge in [-0.1, -0.05) is 6.92 Å². The van der Waals surface area contributed by atoms with Crippen molar-refractivity contribution in [2.24, 2.45) is 0 Å². The Hall–Kier alpha value is -1.84. The maximum atomic E-state index is 13.6. The summed E-state index contributed by atoms with van der Waals surface area (Å²) in [4.78, 5) is 4.35. The van der Waals surface area contributed by atoms with Crippen LogP contribution in [0.15, 0.2) is 18.2 Å². The zero-order chi connectivity index (χ0) is 13.1. The highest BCUT2D eigenvalue weighted by molar-refractivity contribution is 5.92. The Bertz CT molecular complexity index is 569. The number of anilines is 1. The molecular weight excluding hydrogens is 231 g/mol. The number of nitrogens with zero attached hydrogens (tertiary/aromatic N) is 1. The minimum atomic E-state index is -0.385. The van der Waals surface area contributed by atoms with Crippen LogP contribution in [0.5, 0.6) is 5.75 Å². The number of pyridine rings is 1. The minimum Gasteiger partial charge on any atom is -0.494 e. The molecule has 0 saturated carbocycles. The van der Waals surface area contributed by atoms with Gasteiger partial charge in [0.25, 0.3) is 0 Å². The Balaban J connectivity index is 2.60. The van der Waals surface area contributed by atoms with Crippen molar-refractivity contribution in [2.45, 2.75) is 20.3 Å². The lowest BCUT2D eigenvalue weighted by molar-refractivity contribution is 0.387. The third-order valence-corrected chi connectivity index (χ3v) is 2.78. The van der Waals surface area contributed by atoms with Crippen LogP contribution in [-0.2, 0) is 0 Å². The summed E-state index contributed by atoms with van der Waals surface area (Å²) in [6.45, 7) is 4.88. The van der Waals surface area contributed by atoms with Crippen molar-refractivity contribution in [3.05, 3.63) is 29.7 Å². The SMILES string of the molecule is CCCNc1cc(C)nc2cc(F)c(OC)cc12. The first-order valence-corrected chi connectivity index (χ1v) is 6.04. The van der Waals surface area contributed by atoms with E-state index in [2.05, 4.69) is 17.2 Å². The van der Waals surface area contributed by atoms with Crippen molar-refractivity contribution in [1.29, 1.82) is 0 Å². The van der Waals surface area contributed by atoms with Gasteiger partial charge in [0, 0.05) is 29.4 Å². The molecule has 1 N–H and O–H groups in total. The topological polar surface area (TPSA) is 34.2 Å². The van der Waals surface area contributed by atoms with Crippen molar-refractivity contribution in [1.82, 2.24) is 4.98 Å². The van der Waals surface area contributed by atoms with Gasteiger partial charge in [0.15, 0.2) is 11.6 Å². The Kier molecular flexibility index (Phi) is 3.65. The molecule has 4 heteroatoms. The third kappa shape index (κ3) is 2.37. The lowest BCUT2D eigenvalue weighted by Crippen LogP contribution is -2.02. The summed E-state index contributed by atoms with van der Waals surface area (Å²) in [5.74, 6) is -0.141. The van der Waals surface area contributed by atoms with E-state index in [1.807, 2.05) is 13.0 Å². The quantitative estimate of drug-likeness (QED) is 0.899. The van der Waals surface area contributed by atoms with Crippen LogP contribution in [0.2, 0.25) is 0 Å². The summed E-state index contributed by atoms with van der Waals surface area (Å²) in [5.41, 5.74) is 2.48. The standard InChI is InChI=1S/C14H17FN2O/c1-4-5-16-12-6-9(2)17-13-8-11(15)14(18-3)7-10(12)13/h6-8H,4-5H2,1-3H3,(H,16,17). The van der Waals surface area contributed by atoms with E-state index in [9.17, 15) is 4.39 Å². The van der Waals surface area contributed by atoms with E-state index in [-0.39, 0.29) is 11.6 Å². The van der Waals surface area contributed by atoms with Crippen LogP contribution in [0.1, 0.15) is 19.0 Å². The van der Waals surface area contributed by atoms with E-state index in [0.717, 1.165) is 29.7 Å². The smallest absolute Gasteiger partial charge is 0.167 e. The maximum absolute atomic E-state index is 13.6. The summed E-state index contributed by atoms with van der Waals surface area (Å²) in [5, 5.41) is 4.21. The Morgan fingerprint density at radius 1 is 1.33 bits per heavy atom. The fourth-order valence-electron chi connectivity index (χ4n) is 1.92. The Morgan fingerprint density at radius 2 is 2.11 bits per heavy atom. The largest absolute Gasteiger partial charge is 0.494 e. The molecule has 0 amide bonds. The molecule has 0 saturated heterocycles. The van der Waals surface area contributed by atoms with Gasteiger partial charge in [-0.3, -0.25) is 4.98 Å². The highest BCUT2D eigenvalue weighted by atomic mass is 19.1. The number of methoxy groups -OCH3 is 1. The molecule has 1 heterocycles. The molecule has 18 heavy (non-hydrogen) atoms. The molecule has 0 aliphatic rings. The fraction of sp³-hybridized carbons (Fsp3) is 0.357. The molecule has 0 spiro atoms. The highest BCUT2D eigenvalue weighted by Crippen LogP contribution is 2.29. The van der Waals surface area contributed by atoms with Gasteiger partial charge in [-0.15, -0.1) is 0 Å². The number of benzene rings is 1. The van der Waals surface area contributed by atoms with Crippen molar-refractivity contribution in [3.8, 4) is 5.75 Å². The van der Waals surface area contributed by atoms with Crippen molar-refractivity contribution < 1.29 is 9.13 Å². The number of ether oxygens (including phenoxy) is 1. The molecule has 1 aromatic heterocycles. The summed E-state index contributed by atoms with van der Waals surface area (Å²) in [7, 11) is 1.46. The molecule has 0 unspecified atom stereocenters. The number of hydrogen-bond acceptors (Lipinski definition) is 3. The lowest BCUT2D eigenvalue weighted by atomic mass is 10.1. The van der Waals surface area contributed by atoms with Crippen molar-refractivity contribution >= 4 is 16.6 Å². The number of aryl methyl sites for hydroxylation is 1. The van der Waals surface area contributed by atoms with Crippen LogP contribution in [-0.4, -0.2) is 18.6 Å². The van der Waals surface area contributed by atoms with Crippen LogP contribution in [0.25, 0.3) is 10.9 Å². The first kappa shape index (κ1) is 12.6. The zero-order valence-corrected chi connectivity index (χ0v) is 10.9. The molecule has 0 atom stereocenters. The molecular formula is C14H17FN2O. The second kappa shape index (κ2) is 5.21. The first-order valence-electron chi connectivity index (χ1n) is 6.04. The molecule has 0 radical (unpaired) electrons. The van der Waals surface area contributed by atoms with E-state index >= 15 is 0 Å². The summed E-state index contributed by atoms with van der Waals surface area (Å²) < 4.78 is 18.7. The number of hydrogen-bond donors (Lipinski definition) is 1. The third-order valence-electron chi connectivity index (χ3n) is 2.78. The average Bonchev–Trinajstić information content (AvgIpc) is 2.34. The van der Waals surface area contributed by atoms with Gasteiger partial charge in [0.1, 0.15) is 0 Å². The number of fused-ring (bicyclic) bond motifs is 1. The molecule has 0 aliphatic carbocycles. The first-order chi connectivity index (χ1) is 8.65. The van der Waals surface area contributed by atoms with Crippen LogP contribution in [0.4, 0.5) is 10.1 Å². The fourth-order valence-corrected chi connectivity index (χ4v) is 1.92.